The standard InChI is InChI=1S/C19H20FN3O2/c1-13-3-5-23-17(10-22-18(23)6-13)9-21-4-2-14-7-16(20)8-15-11-24-12-25-19(14)15/h3,5-8,10,21H,2,4,9,11-12H2,1H3. The Bertz CT molecular complexity index is 907. The summed E-state index contributed by atoms with van der Waals surface area (Å²) < 4.78 is 26.6. The number of pyridine rings is 1. The van der Waals surface area contributed by atoms with Gasteiger partial charge in [0.25, 0.3) is 0 Å². The van der Waals surface area contributed by atoms with Crippen LogP contribution in [0.25, 0.3) is 5.65 Å². The minimum atomic E-state index is -0.250. The van der Waals surface area contributed by atoms with Crippen LogP contribution in [-0.4, -0.2) is 22.7 Å². The third-order valence-corrected chi connectivity index (χ3v) is 4.37. The Labute approximate surface area is 145 Å². The molecular weight excluding hydrogens is 321 g/mol. The number of rotatable bonds is 5. The zero-order valence-electron chi connectivity index (χ0n) is 14.1. The molecule has 0 amide bonds. The Balaban J connectivity index is 1.40. The summed E-state index contributed by atoms with van der Waals surface area (Å²) in [5, 5.41) is 3.40. The van der Waals surface area contributed by atoms with Crippen LogP contribution in [0.1, 0.15) is 22.4 Å². The minimum absolute atomic E-state index is 0.223. The van der Waals surface area contributed by atoms with Crippen molar-refractivity contribution in [2.75, 3.05) is 13.3 Å². The van der Waals surface area contributed by atoms with Crippen molar-refractivity contribution in [2.45, 2.75) is 26.5 Å². The zero-order valence-corrected chi connectivity index (χ0v) is 14.1. The van der Waals surface area contributed by atoms with Gasteiger partial charge in [0.2, 0.25) is 0 Å². The predicted molar refractivity (Wildman–Crippen MR) is 92.0 cm³/mol. The van der Waals surface area contributed by atoms with E-state index in [1.807, 2.05) is 12.4 Å². The van der Waals surface area contributed by atoms with E-state index in [0.717, 1.165) is 34.8 Å². The van der Waals surface area contributed by atoms with Crippen molar-refractivity contribution < 1.29 is 13.9 Å². The molecule has 25 heavy (non-hydrogen) atoms. The van der Waals surface area contributed by atoms with Crippen molar-refractivity contribution in [1.82, 2.24) is 14.7 Å². The number of aromatic nitrogens is 2. The molecule has 5 nitrogen and oxygen atoms in total. The Morgan fingerprint density at radius 1 is 1.32 bits per heavy atom. The maximum atomic E-state index is 13.8. The number of hydrogen-bond acceptors (Lipinski definition) is 4. The lowest BCUT2D eigenvalue weighted by atomic mass is 10.1. The average molecular weight is 341 g/mol. The van der Waals surface area contributed by atoms with Crippen molar-refractivity contribution in [3.8, 4) is 5.75 Å². The highest BCUT2D eigenvalue weighted by molar-refractivity contribution is 5.43. The van der Waals surface area contributed by atoms with Crippen LogP contribution in [0.3, 0.4) is 0 Å². The number of benzene rings is 1. The number of ether oxygens (including phenoxy) is 2. The first-order valence-electron chi connectivity index (χ1n) is 8.36. The highest BCUT2D eigenvalue weighted by Crippen LogP contribution is 2.29. The van der Waals surface area contributed by atoms with Gasteiger partial charge < -0.3 is 19.2 Å². The van der Waals surface area contributed by atoms with Gasteiger partial charge in [0.15, 0.2) is 6.79 Å². The fourth-order valence-electron chi connectivity index (χ4n) is 3.15. The highest BCUT2D eigenvalue weighted by atomic mass is 19.1. The third kappa shape index (κ3) is 3.36. The molecule has 0 atom stereocenters. The van der Waals surface area contributed by atoms with E-state index < -0.39 is 0 Å². The van der Waals surface area contributed by atoms with Gasteiger partial charge in [-0.3, -0.25) is 0 Å². The summed E-state index contributed by atoms with van der Waals surface area (Å²) in [4.78, 5) is 4.43. The fraction of sp³-hybridized carbons (Fsp3) is 0.316. The maximum absolute atomic E-state index is 13.8. The van der Waals surface area contributed by atoms with Crippen LogP contribution in [-0.2, 0) is 24.3 Å². The summed E-state index contributed by atoms with van der Waals surface area (Å²) in [6.45, 7) is 4.10. The molecular formula is C19H20FN3O2. The monoisotopic (exact) mass is 341 g/mol. The lowest BCUT2D eigenvalue weighted by molar-refractivity contribution is -0.0172. The van der Waals surface area contributed by atoms with Crippen LogP contribution >= 0.6 is 0 Å². The van der Waals surface area contributed by atoms with E-state index in [4.69, 9.17) is 9.47 Å². The molecule has 1 aliphatic rings. The van der Waals surface area contributed by atoms with Crippen LogP contribution in [0.5, 0.6) is 5.75 Å². The Morgan fingerprint density at radius 2 is 2.24 bits per heavy atom. The van der Waals surface area contributed by atoms with E-state index >= 15 is 0 Å². The second-order valence-electron chi connectivity index (χ2n) is 6.27. The molecule has 130 valence electrons. The van der Waals surface area contributed by atoms with Gasteiger partial charge in [0.05, 0.1) is 18.5 Å². The Kier molecular flexibility index (Phi) is 4.38. The fourth-order valence-corrected chi connectivity index (χ4v) is 3.15. The number of nitrogens with zero attached hydrogens (tertiary/aromatic N) is 2. The molecule has 0 fully saturated rings. The highest BCUT2D eigenvalue weighted by Gasteiger charge is 2.16. The van der Waals surface area contributed by atoms with E-state index in [-0.39, 0.29) is 12.6 Å². The molecule has 3 aromatic rings. The van der Waals surface area contributed by atoms with Crippen molar-refractivity contribution in [2.24, 2.45) is 0 Å². The molecule has 0 unspecified atom stereocenters. The molecule has 0 saturated carbocycles. The molecule has 1 aliphatic heterocycles. The number of aryl methyl sites for hydroxylation is 1. The molecule has 0 aliphatic carbocycles. The van der Waals surface area contributed by atoms with E-state index in [1.165, 1.54) is 11.6 Å². The number of imidazole rings is 1. The maximum Gasteiger partial charge on any atom is 0.189 e. The van der Waals surface area contributed by atoms with E-state index in [9.17, 15) is 4.39 Å². The molecule has 6 heteroatoms. The van der Waals surface area contributed by atoms with Gasteiger partial charge in [-0.15, -0.1) is 0 Å². The second-order valence-corrected chi connectivity index (χ2v) is 6.27. The summed E-state index contributed by atoms with van der Waals surface area (Å²) in [7, 11) is 0. The molecule has 1 aromatic carbocycles. The van der Waals surface area contributed by atoms with E-state index in [0.29, 0.717) is 19.6 Å². The van der Waals surface area contributed by atoms with Crippen molar-refractivity contribution in [3.05, 3.63) is 64.9 Å². The summed E-state index contributed by atoms with van der Waals surface area (Å²) in [5.41, 5.74) is 4.89. The van der Waals surface area contributed by atoms with Crippen LogP contribution in [0, 0.1) is 12.7 Å². The van der Waals surface area contributed by atoms with Gasteiger partial charge in [0, 0.05) is 18.3 Å². The Morgan fingerprint density at radius 3 is 3.16 bits per heavy atom. The lowest BCUT2D eigenvalue weighted by Crippen LogP contribution is -2.19. The molecule has 0 spiro atoms. The van der Waals surface area contributed by atoms with Crippen LogP contribution in [0.4, 0.5) is 4.39 Å². The first-order valence-corrected chi connectivity index (χ1v) is 8.36. The molecule has 0 saturated heterocycles. The molecule has 1 N–H and O–H groups in total. The third-order valence-electron chi connectivity index (χ3n) is 4.37. The van der Waals surface area contributed by atoms with Gasteiger partial charge in [-0.05, 0) is 55.3 Å². The van der Waals surface area contributed by atoms with E-state index in [2.05, 4.69) is 33.8 Å². The Hall–Kier alpha value is -2.44. The minimum Gasteiger partial charge on any atom is -0.467 e. The second kappa shape index (κ2) is 6.82. The van der Waals surface area contributed by atoms with Crippen LogP contribution < -0.4 is 10.1 Å². The molecule has 4 rings (SSSR count). The summed E-state index contributed by atoms with van der Waals surface area (Å²) in [6, 6.07) is 7.15. The normalized spacial score (nSPS) is 13.7. The first-order chi connectivity index (χ1) is 12.2. The van der Waals surface area contributed by atoms with E-state index in [1.54, 1.807) is 6.07 Å². The number of nitrogens with one attached hydrogen (secondary N) is 1. The zero-order chi connectivity index (χ0) is 17.2. The quantitative estimate of drug-likeness (QED) is 0.725. The largest absolute Gasteiger partial charge is 0.467 e. The van der Waals surface area contributed by atoms with Crippen LogP contribution in [0.15, 0.2) is 36.7 Å². The van der Waals surface area contributed by atoms with Gasteiger partial charge in [-0.2, -0.15) is 0 Å². The number of hydrogen-bond donors (Lipinski definition) is 1. The smallest absolute Gasteiger partial charge is 0.189 e. The van der Waals surface area contributed by atoms with Gasteiger partial charge in [0.1, 0.15) is 17.2 Å². The molecule has 2 aromatic heterocycles. The molecule has 0 radical (unpaired) electrons. The number of fused-ring (bicyclic) bond motifs is 2. The topological polar surface area (TPSA) is 47.8 Å². The summed E-state index contributed by atoms with van der Waals surface area (Å²) in [5.74, 6) is 0.514. The van der Waals surface area contributed by atoms with Crippen molar-refractivity contribution >= 4 is 5.65 Å². The van der Waals surface area contributed by atoms with Crippen LogP contribution in [0.2, 0.25) is 0 Å². The van der Waals surface area contributed by atoms with Crippen molar-refractivity contribution in [1.29, 1.82) is 0 Å². The van der Waals surface area contributed by atoms with Crippen molar-refractivity contribution in [3.63, 3.8) is 0 Å². The summed E-state index contributed by atoms with van der Waals surface area (Å²) in [6.07, 6.45) is 4.60. The first kappa shape index (κ1) is 16.1. The van der Waals surface area contributed by atoms with Gasteiger partial charge in [-0.25, -0.2) is 9.37 Å². The SMILES string of the molecule is Cc1ccn2c(CNCCc3cc(F)cc4c3OCOC4)cnc2c1. The lowest BCUT2D eigenvalue weighted by Gasteiger charge is -2.21. The summed E-state index contributed by atoms with van der Waals surface area (Å²) >= 11 is 0. The average Bonchev–Trinajstić information content (AvgIpc) is 3.00. The van der Waals surface area contributed by atoms with Gasteiger partial charge >= 0.3 is 0 Å². The molecule has 3 heterocycles. The molecule has 0 bridgehead atoms. The number of halogens is 1. The predicted octanol–water partition coefficient (Wildman–Crippen LogP) is 2.98. The van der Waals surface area contributed by atoms with Gasteiger partial charge in [-0.1, -0.05) is 0 Å².